The van der Waals surface area contributed by atoms with E-state index >= 15 is 0 Å². The average Bonchev–Trinajstić information content (AvgIpc) is 3.31. The van der Waals surface area contributed by atoms with Crippen LogP contribution in [-0.2, 0) is 16.2 Å². The molecule has 4 aromatic rings. The summed E-state index contributed by atoms with van der Waals surface area (Å²) >= 11 is 0. The molecule has 0 fully saturated rings. The van der Waals surface area contributed by atoms with Crippen molar-refractivity contribution in [3.05, 3.63) is 111 Å². The molecule has 0 N–H and O–H groups in total. The molecule has 0 heteroatoms. The van der Waals surface area contributed by atoms with Crippen LogP contribution < -0.4 is 0 Å². The number of hydrogen-bond donors (Lipinski definition) is 0. The number of aryl methyl sites for hydroxylation is 1. The molecule has 0 saturated heterocycles. The highest BCUT2D eigenvalue weighted by molar-refractivity contribution is 5.93. The first-order chi connectivity index (χ1) is 17.5. The minimum absolute atomic E-state index is 0.00798. The Morgan fingerprint density at radius 2 is 0.838 bits per heavy atom. The molecule has 184 valence electrons. The van der Waals surface area contributed by atoms with E-state index in [1.165, 1.54) is 77.9 Å². The number of rotatable bonds is 1. The lowest BCUT2D eigenvalue weighted by Gasteiger charge is -2.25. The lowest BCUT2D eigenvalue weighted by molar-refractivity contribution is 0.649. The van der Waals surface area contributed by atoms with E-state index in [1.54, 1.807) is 0 Å². The normalized spacial score (nSPS) is 18.3. The average molecular weight is 481 g/mol. The summed E-state index contributed by atoms with van der Waals surface area (Å²) in [5.74, 6) is 0. The molecule has 4 aromatic carbocycles. The number of hydrogen-bond acceptors (Lipinski definition) is 0. The first-order valence-corrected chi connectivity index (χ1v) is 13.7. The highest BCUT2D eigenvalue weighted by Gasteiger charge is 2.44. The van der Waals surface area contributed by atoms with Gasteiger partial charge in [0.05, 0.1) is 0 Å². The van der Waals surface area contributed by atoms with Crippen molar-refractivity contribution in [1.29, 1.82) is 0 Å². The van der Waals surface area contributed by atoms with Crippen LogP contribution in [0.25, 0.3) is 39.5 Å². The van der Waals surface area contributed by atoms with Gasteiger partial charge in [-0.05, 0) is 110 Å². The molecule has 0 saturated carbocycles. The molecule has 3 aliphatic rings. The molecule has 0 radical (unpaired) electrons. The highest BCUT2D eigenvalue weighted by atomic mass is 14.5. The van der Waals surface area contributed by atoms with E-state index in [2.05, 4.69) is 128 Å². The SMILES string of the molecule is C/C=C/c1ccc2c(c1)C(C)(C)c1cc3c(cc1-2)C(C)(C)c1cc2c(cc1-3)C(C)(C)c1cc(C)ccc1-2. The minimum atomic E-state index is -0.0376. The van der Waals surface area contributed by atoms with Crippen LogP contribution in [0.1, 0.15) is 93.0 Å². The van der Waals surface area contributed by atoms with E-state index in [-0.39, 0.29) is 16.2 Å². The van der Waals surface area contributed by atoms with Crippen LogP contribution in [-0.4, -0.2) is 0 Å². The maximum atomic E-state index is 2.54. The monoisotopic (exact) mass is 480 g/mol. The van der Waals surface area contributed by atoms with E-state index in [1.807, 2.05) is 0 Å². The van der Waals surface area contributed by atoms with Crippen molar-refractivity contribution in [3.8, 4) is 33.4 Å². The zero-order valence-corrected chi connectivity index (χ0v) is 23.4. The van der Waals surface area contributed by atoms with Crippen molar-refractivity contribution in [2.75, 3.05) is 0 Å². The third-order valence-electron chi connectivity index (χ3n) is 9.80. The maximum absolute atomic E-state index is 2.54. The summed E-state index contributed by atoms with van der Waals surface area (Å²) in [6.07, 6.45) is 4.34. The van der Waals surface area contributed by atoms with Crippen LogP contribution in [0.15, 0.2) is 66.7 Å². The minimum Gasteiger partial charge on any atom is -0.0871 e. The summed E-state index contributed by atoms with van der Waals surface area (Å²) in [6.45, 7) is 18.7. The van der Waals surface area contributed by atoms with Crippen LogP contribution in [0.5, 0.6) is 0 Å². The van der Waals surface area contributed by atoms with E-state index in [0.717, 1.165) is 0 Å². The van der Waals surface area contributed by atoms with Gasteiger partial charge in [-0.2, -0.15) is 0 Å². The molecule has 0 bridgehead atoms. The smallest absolute Gasteiger partial charge is 0.0159 e. The Bertz CT molecular complexity index is 1700. The van der Waals surface area contributed by atoms with Crippen molar-refractivity contribution < 1.29 is 0 Å². The summed E-state index contributed by atoms with van der Waals surface area (Å²) in [7, 11) is 0. The van der Waals surface area contributed by atoms with Gasteiger partial charge in [0.2, 0.25) is 0 Å². The van der Waals surface area contributed by atoms with Gasteiger partial charge in [-0.25, -0.2) is 0 Å². The first kappa shape index (κ1) is 22.8. The van der Waals surface area contributed by atoms with Crippen molar-refractivity contribution in [3.63, 3.8) is 0 Å². The zero-order chi connectivity index (χ0) is 26.1. The largest absolute Gasteiger partial charge is 0.0871 e. The molecule has 37 heavy (non-hydrogen) atoms. The molecule has 0 aliphatic heterocycles. The molecule has 0 heterocycles. The second kappa shape index (κ2) is 6.93. The Morgan fingerprint density at radius 1 is 0.459 bits per heavy atom. The lowest BCUT2D eigenvalue weighted by Crippen LogP contribution is -2.17. The van der Waals surface area contributed by atoms with Gasteiger partial charge in [-0.15, -0.1) is 0 Å². The highest BCUT2D eigenvalue weighted by Crippen LogP contribution is 2.59. The van der Waals surface area contributed by atoms with Crippen molar-refractivity contribution in [2.24, 2.45) is 0 Å². The van der Waals surface area contributed by atoms with Gasteiger partial charge in [-0.3, -0.25) is 0 Å². The molecular formula is C37H36. The van der Waals surface area contributed by atoms with Gasteiger partial charge in [0.25, 0.3) is 0 Å². The standard InChI is InChI=1S/C37H36/c1-9-10-22-12-14-24-26-18-34-28(20-32(26)36(5,6)30(24)16-22)27-19-31-25(17-33(27)37(34,7)8)23-13-11-21(2)15-29(23)35(31,3)4/h9-20H,1-8H3/b10-9+. The predicted molar refractivity (Wildman–Crippen MR) is 159 cm³/mol. The molecule has 3 aliphatic carbocycles. The van der Waals surface area contributed by atoms with Gasteiger partial charge in [-0.1, -0.05) is 95.7 Å². The van der Waals surface area contributed by atoms with Gasteiger partial charge in [0.15, 0.2) is 0 Å². The Kier molecular flexibility index (Phi) is 4.27. The quantitative estimate of drug-likeness (QED) is 0.254. The predicted octanol–water partition coefficient (Wildman–Crippen LogP) is 9.95. The topological polar surface area (TPSA) is 0 Å². The summed E-state index contributed by atoms with van der Waals surface area (Å²) < 4.78 is 0. The third-order valence-corrected chi connectivity index (χ3v) is 9.80. The van der Waals surface area contributed by atoms with Gasteiger partial charge in [0, 0.05) is 16.2 Å². The molecule has 0 nitrogen and oxygen atoms in total. The Hall–Kier alpha value is -3.38. The van der Waals surface area contributed by atoms with E-state index in [4.69, 9.17) is 0 Å². The maximum Gasteiger partial charge on any atom is 0.0159 e. The van der Waals surface area contributed by atoms with Crippen molar-refractivity contribution in [1.82, 2.24) is 0 Å². The van der Waals surface area contributed by atoms with Gasteiger partial charge in [0.1, 0.15) is 0 Å². The summed E-state index contributed by atoms with van der Waals surface area (Å²) in [5.41, 5.74) is 19.9. The zero-order valence-electron chi connectivity index (χ0n) is 23.4. The fourth-order valence-corrected chi connectivity index (χ4v) is 7.61. The molecule has 0 unspecified atom stereocenters. The van der Waals surface area contributed by atoms with Gasteiger partial charge < -0.3 is 0 Å². The van der Waals surface area contributed by atoms with E-state index in [0.29, 0.717) is 0 Å². The molecule has 0 atom stereocenters. The van der Waals surface area contributed by atoms with Crippen LogP contribution in [0.4, 0.5) is 0 Å². The van der Waals surface area contributed by atoms with Crippen molar-refractivity contribution >= 4 is 6.08 Å². The fourth-order valence-electron chi connectivity index (χ4n) is 7.61. The van der Waals surface area contributed by atoms with Gasteiger partial charge >= 0.3 is 0 Å². The van der Waals surface area contributed by atoms with Crippen molar-refractivity contribution in [2.45, 2.75) is 71.6 Å². The lowest BCUT2D eigenvalue weighted by atomic mass is 9.78. The Morgan fingerprint density at radius 3 is 1.30 bits per heavy atom. The Balaban J connectivity index is 1.47. The Labute approximate surface area is 222 Å². The van der Waals surface area contributed by atoms with Crippen LogP contribution in [0.2, 0.25) is 0 Å². The molecule has 0 amide bonds. The first-order valence-electron chi connectivity index (χ1n) is 13.7. The molecular weight excluding hydrogens is 444 g/mol. The summed E-state index contributed by atoms with van der Waals surface area (Å²) in [5, 5.41) is 0. The molecule has 7 rings (SSSR count). The van der Waals surface area contributed by atoms with E-state index in [9.17, 15) is 0 Å². The van der Waals surface area contributed by atoms with Crippen LogP contribution in [0.3, 0.4) is 0 Å². The summed E-state index contributed by atoms with van der Waals surface area (Å²) in [4.78, 5) is 0. The molecule has 0 aromatic heterocycles. The number of allylic oxidation sites excluding steroid dienone is 1. The number of benzene rings is 4. The summed E-state index contributed by atoms with van der Waals surface area (Å²) in [6, 6.07) is 24.2. The fraction of sp³-hybridized carbons (Fsp3) is 0.297. The second-order valence-corrected chi connectivity index (χ2v) is 13.1. The van der Waals surface area contributed by atoms with Crippen LogP contribution >= 0.6 is 0 Å². The molecule has 0 spiro atoms. The van der Waals surface area contributed by atoms with Crippen LogP contribution in [0, 0.1) is 6.92 Å². The second-order valence-electron chi connectivity index (χ2n) is 13.1. The van der Waals surface area contributed by atoms with E-state index < -0.39 is 0 Å². The number of fused-ring (bicyclic) bond motifs is 9. The third kappa shape index (κ3) is 2.74.